The Hall–Kier alpha value is -1.17. The van der Waals surface area contributed by atoms with E-state index in [2.05, 4.69) is 22.6 Å². The van der Waals surface area contributed by atoms with Crippen LogP contribution in [0.5, 0.6) is 0 Å². The van der Waals surface area contributed by atoms with Crippen molar-refractivity contribution >= 4 is 28.9 Å². The molecule has 0 saturated heterocycles. The second-order valence-electron chi connectivity index (χ2n) is 5.30. The minimum atomic E-state index is 0.456. The first kappa shape index (κ1) is 13.8. The summed E-state index contributed by atoms with van der Waals surface area (Å²) in [6, 6.07) is 8.53. The summed E-state index contributed by atoms with van der Waals surface area (Å²) in [4.78, 5) is 11.4. The summed E-state index contributed by atoms with van der Waals surface area (Å²) < 4.78 is 3.14. The Kier molecular flexibility index (Phi) is 4.19. The van der Waals surface area contributed by atoms with Crippen LogP contribution in [0.4, 0.5) is 0 Å². The lowest BCUT2D eigenvalue weighted by Crippen LogP contribution is -2.13. The smallest absolute Gasteiger partial charge is 0.153 e. The van der Waals surface area contributed by atoms with Crippen LogP contribution < -0.4 is 0 Å². The van der Waals surface area contributed by atoms with E-state index in [0.29, 0.717) is 11.6 Å². The van der Waals surface area contributed by atoms with E-state index >= 15 is 0 Å². The highest BCUT2D eigenvalue weighted by atomic mass is 127. The number of nitrogens with zero attached hydrogens (tertiary/aromatic N) is 2. The number of benzene rings is 1. The van der Waals surface area contributed by atoms with Gasteiger partial charge >= 0.3 is 0 Å². The molecule has 1 heterocycles. The average molecular weight is 380 g/mol. The Morgan fingerprint density at radius 2 is 1.95 bits per heavy atom. The standard InChI is InChI=1S/C16H17IN2O/c17-15-9-5-4-8-14(15)16-12(11-20)10-19(18-16)13-6-2-1-3-7-13/h4-5,8-11,13H,1-3,6-7H2. The van der Waals surface area contributed by atoms with E-state index in [4.69, 9.17) is 5.10 Å². The second kappa shape index (κ2) is 6.08. The molecule has 0 unspecified atom stereocenters. The Morgan fingerprint density at radius 3 is 2.65 bits per heavy atom. The third-order valence-electron chi connectivity index (χ3n) is 3.97. The molecule has 20 heavy (non-hydrogen) atoms. The van der Waals surface area contributed by atoms with Crippen LogP contribution in [-0.4, -0.2) is 16.1 Å². The molecule has 0 radical (unpaired) electrons. The molecule has 3 nitrogen and oxygen atoms in total. The Bertz CT molecular complexity index is 615. The van der Waals surface area contributed by atoms with E-state index in [9.17, 15) is 4.79 Å². The Morgan fingerprint density at radius 1 is 1.20 bits per heavy atom. The van der Waals surface area contributed by atoms with Gasteiger partial charge in [0.2, 0.25) is 0 Å². The predicted octanol–water partition coefficient (Wildman–Crippen LogP) is 4.47. The maximum Gasteiger partial charge on any atom is 0.153 e. The summed E-state index contributed by atoms with van der Waals surface area (Å²) in [7, 11) is 0. The molecular weight excluding hydrogens is 363 g/mol. The van der Waals surface area contributed by atoms with Gasteiger partial charge in [-0.1, -0.05) is 37.5 Å². The minimum absolute atomic E-state index is 0.456. The minimum Gasteiger partial charge on any atom is -0.298 e. The molecule has 1 saturated carbocycles. The number of halogens is 1. The molecule has 1 fully saturated rings. The summed E-state index contributed by atoms with van der Waals surface area (Å²) in [5.74, 6) is 0. The third kappa shape index (κ3) is 2.66. The zero-order valence-electron chi connectivity index (χ0n) is 11.3. The molecule has 0 bridgehead atoms. The molecule has 0 amide bonds. The molecule has 0 spiro atoms. The molecule has 0 atom stereocenters. The molecule has 104 valence electrons. The van der Waals surface area contributed by atoms with Gasteiger partial charge in [-0.25, -0.2) is 0 Å². The summed E-state index contributed by atoms with van der Waals surface area (Å²) in [5.41, 5.74) is 2.56. The largest absolute Gasteiger partial charge is 0.298 e. The number of carbonyl (C=O) groups is 1. The molecule has 1 aliphatic carbocycles. The number of aromatic nitrogens is 2. The zero-order chi connectivity index (χ0) is 13.9. The third-order valence-corrected chi connectivity index (χ3v) is 4.91. The first-order chi connectivity index (χ1) is 9.79. The zero-order valence-corrected chi connectivity index (χ0v) is 13.4. The van der Waals surface area contributed by atoms with Crippen molar-refractivity contribution in [2.45, 2.75) is 38.1 Å². The number of hydrogen-bond acceptors (Lipinski definition) is 2. The van der Waals surface area contributed by atoms with Crippen molar-refractivity contribution in [2.75, 3.05) is 0 Å². The van der Waals surface area contributed by atoms with Crippen molar-refractivity contribution in [3.63, 3.8) is 0 Å². The lowest BCUT2D eigenvalue weighted by molar-refractivity contribution is 0.112. The number of carbonyl (C=O) groups excluding carboxylic acids is 1. The maximum absolute atomic E-state index is 11.4. The van der Waals surface area contributed by atoms with Gasteiger partial charge in [0, 0.05) is 15.3 Å². The highest BCUT2D eigenvalue weighted by molar-refractivity contribution is 14.1. The summed E-state index contributed by atoms with van der Waals surface area (Å²) in [5, 5.41) is 4.72. The van der Waals surface area contributed by atoms with E-state index in [0.717, 1.165) is 21.1 Å². The quantitative estimate of drug-likeness (QED) is 0.582. The molecule has 4 heteroatoms. The fourth-order valence-corrected chi connectivity index (χ4v) is 3.53. The molecule has 1 aromatic carbocycles. The fraction of sp³-hybridized carbons (Fsp3) is 0.375. The predicted molar refractivity (Wildman–Crippen MR) is 87.9 cm³/mol. The van der Waals surface area contributed by atoms with E-state index < -0.39 is 0 Å². The van der Waals surface area contributed by atoms with Crippen LogP contribution >= 0.6 is 22.6 Å². The molecule has 1 aromatic heterocycles. The monoisotopic (exact) mass is 380 g/mol. The maximum atomic E-state index is 11.4. The Labute approximate surface area is 132 Å². The average Bonchev–Trinajstić information content (AvgIpc) is 2.93. The number of aldehydes is 1. The number of rotatable bonds is 3. The van der Waals surface area contributed by atoms with Gasteiger partial charge in [-0.3, -0.25) is 9.48 Å². The molecule has 1 aliphatic rings. The first-order valence-corrected chi connectivity index (χ1v) is 8.16. The topological polar surface area (TPSA) is 34.9 Å². The van der Waals surface area contributed by atoms with E-state index in [1.54, 1.807) is 0 Å². The lowest BCUT2D eigenvalue weighted by atomic mass is 9.96. The molecule has 0 aliphatic heterocycles. The highest BCUT2D eigenvalue weighted by Crippen LogP contribution is 2.31. The van der Waals surface area contributed by atoms with Crippen LogP contribution in [0.15, 0.2) is 30.5 Å². The van der Waals surface area contributed by atoms with Crippen LogP contribution in [0, 0.1) is 3.57 Å². The van der Waals surface area contributed by atoms with E-state index in [-0.39, 0.29) is 0 Å². The van der Waals surface area contributed by atoms with Crippen LogP contribution in [0.25, 0.3) is 11.3 Å². The van der Waals surface area contributed by atoms with Crippen molar-refractivity contribution in [3.05, 3.63) is 39.6 Å². The highest BCUT2D eigenvalue weighted by Gasteiger charge is 2.19. The van der Waals surface area contributed by atoms with Gasteiger partial charge in [0.05, 0.1) is 11.6 Å². The van der Waals surface area contributed by atoms with Crippen molar-refractivity contribution < 1.29 is 4.79 Å². The first-order valence-electron chi connectivity index (χ1n) is 7.09. The summed E-state index contributed by atoms with van der Waals surface area (Å²) in [6.07, 6.45) is 9.03. The van der Waals surface area contributed by atoms with Gasteiger partial charge in [-0.05, 0) is 41.5 Å². The molecular formula is C16H17IN2O. The lowest BCUT2D eigenvalue weighted by Gasteiger charge is -2.21. The summed E-state index contributed by atoms with van der Waals surface area (Å²) >= 11 is 2.30. The SMILES string of the molecule is O=Cc1cn(C2CCCCC2)nc1-c1ccccc1I. The van der Waals surface area contributed by atoms with E-state index in [1.165, 1.54) is 32.1 Å². The second-order valence-corrected chi connectivity index (χ2v) is 6.46. The van der Waals surface area contributed by atoms with Crippen LogP contribution in [-0.2, 0) is 0 Å². The van der Waals surface area contributed by atoms with Gasteiger partial charge in [0.1, 0.15) is 5.69 Å². The van der Waals surface area contributed by atoms with Crippen LogP contribution in [0.2, 0.25) is 0 Å². The Balaban J connectivity index is 2.01. The van der Waals surface area contributed by atoms with Crippen molar-refractivity contribution in [3.8, 4) is 11.3 Å². The van der Waals surface area contributed by atoms with Crippen LogP contribution in [0.3, 0.4) is 0 Å². The van der Waals surface area contributed by atoms with E-state index in [1.807, 2.05) is 35.1 Å². The van der Waals surface area contributed by atoms with Gasteiger partial charge in [-0.2, -0.15) is 5.10 Å². The molecule has 3 rings (SSSR count). The van der Waals surface area contributed by atoms with Gasteiger partial charge in [-0.15, -0.1) is 0 Å². The van der Waals surface area contributed by atoms with Crippen molar-refractivity contribution in [1.82, 2.24) is 9.78 Å². The summed E-state index contributed by atoms with van der Waals surface area (Å²) in [6.45, 7) is 0. The normalized spacial score (nSPS) is 16.2. The molecule has 2 aromatic rings. The molecule has 0 N–H and O–H groups in total. The van der Waals surface area contributed by atoms with Crippen molar-refractivity contribution in [2.24, 2.45) is 0 Å². The van der Waals surface area contributed by atoms with Gasteiger partial charge in [0.25, 0.3) is 0 Å². The van der Waals surface area contributed by atoms with Gasteiger partial charge in [0.15, 0.2) is 6.29 Å². The fourth-order valence-electron chi connectivity index (χ4n) is 2.89. The number of hydrogen-bond donors (Lipinski definition) is 0. The van der Waals surface area contributed by atoms with Crippen LogP contribution in [0.1, 0.15) is 48.5 Å². The van der Waals surface area contributed by atoms with Gasteiger partial charge < -0.3 is 0 Å². The van der Waals surface area contributed by atoms with Crippen molar-refractivity contribution in [1.29, 1.82) is 0 Å².